The molecule has 24 heavy (non-hydrogen) atoms. The molecule has 1 unspecified atom stereocenters. The number of aromatic nitrogens is 1. The van der Waals surface area contributed by atoms with Crippen molar-refractivity contribution < 1.29 is 9.84 Å². The van der Waals surface area contributed by atoms with Gasteiger partial charge in [0.2, 0.25) is 0 Å². The molecule has 0 aliphatic rings. The van der Waals surface area contributed by atoms with Crippen molar-refractivity contribution in [1.82, 2.24) is 4.37 Å². The van der Waals surface area contributed by atoms with Crippen LogP contribution in [0, 0.1) is 0 Å². The summed E-state index contributed by atoms with van der Waals surface area (Å²) in [6.07, 6.45) is 6.73. The fourth-order valence-corrected chi connectivity index (χ4v) is 3.82. The lowest BCUT2D eigenvalue weighted by molar-refractivity contribution is 0.222. The van der Waals surface area contributed by atoms with Crippen LogP contribution in [-0.2, 0) is 6.42 Å². The van der Waals surface area contributed by atoms with Gasteiger partial charge in [-0.2, -0.15) is 4.37 Å². The Hall–Kier alpha value is -0.910. The van der Waals surface area contributed by atoms with Gasteiger partial charge in [0.15, 0.2) is 0 Å². The molecule has 3 nitrogen and oxygen atoms in total. The average Bonchev–Trinajstić information content (AvgIpc) is 2.92. The highest BCUT2D eigenvalue weighted by Gasteiger charge is 2.11. The third-order valence-corrected chi connectivity index (χ3v) is 5.15. The molecule has 0 amide bonds. The number of halogens is 1. The average molecular weight is 412 g/mol. The molecule has 0 aliphatic heterocycles. The Kier molecular flexibility index (Phi) is 8.22. The van der Waals surface area contributed by atoms with Crippen LogP contribution in [0.2, 0.25) is 0 Å². The van der Waals surface area contributed by atoms with Gasteiger partial charge in [-0.3, -0.25) is 0 Å². The van der Waals surface area contributed by atoms with Crippen molar-refractivity contribution >= 4 is 37.5 Å². The molecule has 0 radical (unpaired) electrons. The van der Waals surface area contributed by atoms with Crippen LogP contribution in [-0.4, -0.2) is 27.5 Å². The van der Waals surface area contributed by atoms with Crippen molar-refractivity contribution in [1.29, 1.82) is 0 Å². The summed E-state index contributed by atoms with van der Waals surface area (Å²) in [6.45, 7) is 4.75. The van der Waals surface area contributed by atoms with Gasteiger partial charge in [0.1, 0.15) is 5.75 Å². The van der Waals surface area contributed by atoms with Gasteiger partial charge in [-0.05, 0) is 56.4 Å². The first kappa shape index (κ1) is 19.4. The largest absolute Gasteiger partial charge is 0.494 e. The SMILES string of the molecule is CC(C)=CC(O)Cc1nsc2cc(OCCCCCCBr)ccc12. The normalized spacial score (nSPS) is 12.3. The Bertz CT molecular complexity index is 664. The monoisotopic (exact) mass is 411 g/mol. The molecule has 1 atom stereocenters. The Morgan fingerprint density at radius 1 is 1.29 bits per heavy atom. The number of allylic oxidation sites excluding steroid dienone is 1. The third kappa shape index (κ3) is 6.19. The van der Waals surface area contributed by atoms with Gasteiger partial charge in [-0.25, -0.2) is 0 Å². The van der Waals surface area contributed by atoms with E-state index in [1.165, 1.54) is 30.8 Å². The number of fused-ring (bicyclic) bond motifs is 1. The third-order valence-electron chi connectivity index (χ3n) is 3.74. The van der Waals surface area contributed by atoms with Crippen LogP contribution in [0.1, 0.15) is 45.2 Å². The number of alkyl halides is 1. The molecule has 2 aromatic rings. The highest BCUT2D eigenvalue weighted by Crippen LogP contribution is 2.28. The lowest BCUT2D eigenvalue weighted by Gasteiger charge is -2.07. The van der Waals surface area contributed by atoms with Gasteiger partial charge in [-0.1, -0.05) is 40.4 Å². The van der Waals surface area contributed by atoms with Crippen molar-refractivity contribution in [3.63, 3.8) is 0 Å². The Morgan fingerprint density at radius 3 is 2.83 bits per heavy atom. The van der Waals surface area contributed by atoms with E-state index in [1.54, 1.807) is 0 Å². The zero-order valence-electron chi connectivity index (χ0n) is 14.4. The van der Waals surface area contributed by atoms with Crippen LogP contribution in [0.3, 0.4) is 0 Å². The van der Waals surface area contributed by atoms with Crippen LogP contribution < -0.4 is 4.74 Å². The highest BCUT2D eigenvalue weighted by atomic mass is 79.9. The molecule has 5 heteroatoms. The number of aliphatic hydroxyl groups excluding tert-OH is 1. The Morgan fingerprint density at radius 2 is 2.08 bits per heavy atom. The molecule has 0 fully saturated rings. The number of hydrogen-bond acceptors (Lipinski definition) is 4. The second kappa shape index (κ2) is 10.2. The maximum atomic E-state index is 10.1. The first-order chi connectivity index (χ1) is 11.6. The fourth-order valence-electron chi connectivity index (χ4n) is 2.59. The van der Waals surface area contributed by atoms with Crippen LogP contribution >= 0.6 is 27.5 Å². The van der Waals surface area contributed by atoms with Crippen LogP contribution in [0.15, 0.2) is 29.8 Å². The minimum atomic E-state index is -0.476. The van der Waals surface area contributed by atoms with E-state index in [9.17, 15) is 5.11 Å². The predicted molar refractivity (Wildman–Crippen MR) is 107 cm³/mol. The number of unbranched alkanes of at least 4 members (excludes halogenated alkanes) is 3. The van der Waals surface area contributed by atoms with Gasteiger partial charge in [0.05, 0.1) is 23.1 Å². The summed E-state index contributed by atoms with van der Waals surface area (Å²) in [5, 5.41) is 12.3. The number of rotatable bonds is 10. The maximum Gasteiger partial charge on any atom is 0.120 e. The minimum absolute atomic E-state index is 0.476. The lowest BCUT2D eigenvalue weighted by atomic mass is 10.1. The molecule has 0 spiro atoms. The molecule has 1 N–H and O–H groups in total. The Labute approximate surface area is 157 Å². The number of hydrogen-bond donors (Lipinski definition) is 1. The van der Waals surface area contributed by atoms with E-state index in [4.69, 9.17) is 4.74 Å². The highest BCUT2D eigenvalue weighted by molar-refractivity contribution is 9.09. The topological polar surface area (TPSA) is 42.4 Å². The fraction of sp³-hybridized carbons (Fsp3) is 0.526. The van der Waals surface area contributed by atoms with Crippen molar-refractivity contribution in [3.8, 4) is 5.75 Å². The quantitative estimate of drug-likeness (QED) is 0.318. The summed E-state index contributed by atoms with van der Waals surface area (Å²) >= 11 is 4.92. The standard InChI is InChI=1S/C19H26BrNO2S/c1-14(2)11-15(22)12-18-17-8-7-16(13-19(17)24-21-18)23-10-6-4-3-5-9-20/h7-8,11,13,15,22H,3-6,9-10,12H2,1-2H3. The molecule has 0 saturated carbocycles. The van der Waals surface area contributed by atoms with Crippen LogP contribution in [0.25, 0.3) is 10.1 Å². The number of nitrogens with zero attached hydrogens (tertiary/aromatic N) is 1. The molecule has 0 bridgehead atoms. The van der Waals surface area contributed by atoms with E-state index in [2.05, 4.69) is 32.4 Å². The van der Waals surface area contributed by atoms with E-state index < -0.39 is 6.10 Å². The summed E-state index contributed by atoms with van der Waals surface area (Å²) in [7, 11) is 0. The van der Waals surface area contributed by atoms with E-state index in [-0.39, 0.29) is 0 Å². The molecule has 1 aromatic heterocycles. The molecule has 0 saturated heterocycles. The molecule has 132 valence electrons. The van der Waals surface area contributed by atoms with Crippen molar-refractivity contribution in [3.05, 3.63) is 35.5 Å². The molecule has 2 rings (SSSR count). The van der Waals surface area contributed by atoms with E-state index in [0.717, 1.165) is 45.5 Å². The van der Waals surface area contributed by atoms with E-state index in [0.29, 0.717) is 6.42 Å². The Balaban J connectivity index is 1.91. The zero-order chi connectivity index (χ0) is 17.4. The summed E-state index contributed by atoms with van der Waals surface area (Å²) in [5.74, 6) is 0.906. The molecular weight excluding hydrogens is 386 g/mol. The number of ether oxygens (including phenoxy) is 1. The zero-order valence-corrected chi connectivity index (χ0v) is 16.8. The van der Waals surface area contributed by atoms with Gasteiger partial charge in [0, 0.05) is 17.1 Å². The number of aliphatic hydroxyl groups is 1. The summed E-state index contributed by atoms with van der Waals surface area (Å²) < 4.78 is 11.5. The summed E-state index contributed by atoms with van der Waals surface area (Å²) in [6, 6.07) is 6.12. The molecular formula is C19H26BrNO2S. The van der Waals surface area contributed by atoms with Gasteiger partial charge in [0.25, 0.3) is 0 Å². The van der Waals surface area contributed by atoms with Gasteiger partial charge < -0.3 is 9.84 Å². The predicted octanol–water partition coefficient (Wildman–Crippen LogP) is 5.50. The van der Waals surface area contributed by atoms with E-state index >= 15 is 0 Å². The molecule has 1 heterocycles. The number of benzene rings is 1. The van der Waals surface area contributed by atoms with Crippen LogP contribution in [0.4, 0.5) is 0 Å². The first-order valence-corrected chi connectivity index (χ1v) is 10.4. The van der Waals surface area contributed by atoms with Crippen molar-refractivity contribution in [2.45, 2.75) is 52.1 Å². The van der Waals surface area contributed by atoms with Crippen molar-refractivity contribution in [2.24, 2.45) is 0 Å². The summed E-state index contributed by atoms with van der Waals surface area (Å²) in [5.41, 5.74) is 2.08. The second-order valence-corrected chi connectivity index (χ2v) is 7.85. The van der Waals surface area contributed by atoms with Crippen LogP contribution in [0.5, 0.6) is 5.75 Å². The lowest BCUT2D eigenvalue weighted by Crippen LogP contribution is -2.07. The van der Waals surface area contributed by atoms with Crippen molar-refractivity contribution in [2.75, 3.05) is 11.9 Å². The first-order valence-electron chi connectivity index (χ1n) is 8.50. The molecule has 0 aliphatic carbocycles. The van der Waals surface area contributed by atoms with Gasteiger partial charge >= 0.3 is 0 Å². The van der Waals surface area contributed by atoms with E-state index in [1.807, 2.05) is 26.0 Å². The smallest absolute Gasteiger partial charge is 0.120 e. The second-order valence-electron chi connectivity index (χ2n) is 6.25. The van der Waals surface area contributed by atoms with Gasteiger partial charge in [-0.15, -0.1) is 0 Å². The summed E-state index contributed by atoms with van der Waals surface area (Å²) in [4.78, 5) is 0. The molecule has 1 aromatic carbocycles. The minimum Gasteiger partial charge on any atom is -0.494 e. The maximum absolute atomic E-state index is 10.1.